The Kier molecular flexibility index (Phi) is 5.50. The van der Waals surface area contributed by atoms with E-state index in [0.717, 1.165) is 34.4 Å². The van der Waals surface area contributed by atoms with Gasteiger partial charge in [0.15, 0.2) is 6.29 Å². The number of rotatable bonds is 4. The first-order chi connectivity index (χ1) is 16.9. The van der Waals surface area contributed by atoms with E-state index in [1.54, 1.807) is 6.07 Å². The molecule has 1 aromatic heterocycles. The Balaban J connectivity index is 1.47. The van der Waals surface area contributed by atoms with Crippen LogP contribution in [-0.4, -0.2) is 22.8 Å². The molecule has 0 spiro atoms. The van der Waals surface area contributed by atoms with Crippen molar-refractivity contribution in [2.45, 2.75) is 52.2 Å². The summed E-state index contributed by atoms with van der Waals surface area (Å²) in [6.07, 6.45) is -4.46. The summed E-state index contributed by atoms with van der Waals surface area (Å²) in [5, 5.41) is 12.5. The third-order valence-electron chi connectivity index (χ3n) is 6.20. The second-order valence-corrected chi connectivity index (χ2v) is 9.64. The average Bonchev–Trinajstić information content (AvgIpc) is 3.33. The molecule has 36 heavy (non-hydrogen) atoms. The topological polar surface area (TPSA) is 87.3 Å². The number of aromatic nitrogens is 1. The largest absolute Gasteiger partial charge is 0.486 e. The summed E-state index contributed by atoms with van der Waals surface area (Å²) in [4.78, 5) is 17.8. The molecule has 3 aromatic rings. The fourth-order valence-corrected chi connectivity index (χ4v) is 4.62. The van der Waals surface area contributed by atoms with Crippen molar-refractivity contribution >= 4 is 28.7 Å². The summed E-state index contributed by atoms with van der Waals surface area (Å²) >= 11 is 0. The van der Waals surface area contributed by atoms with E-state index in [2.05, 4.69) is 26.3 Å². The lowest BCUT2D eigenvalue weighted by atomic mass is 9.97. The summed E-state index contributed by atoms with van der Waals surface area (Å²) < 4.78 is 46.5. The first-order valence-electron chi connectivity index (χ1n) is 11.5. The molecule has 3 heterocycles. The second kappa shape index (κ2) is 8.32. The number of hydrogen-bond acceptors (Lipinski definition) is 6. The van der Waals surface area contributed by atoms with Gasteiger partial charge in [-0.1, -0.05) is 12.1 Å². The molecule has 2 aromatic carbocycles. The van der Waals surface area contributed by atoms with Crippen LogP contribution < -0.4 is 26.0 Å². The van der Waals surface area contributed by atoms with Gasteiger partial charge in [0.25, 0.3) is 5.91 Å². The number of alkyl halides is 3. The van der Waals surface area contributed by atoms with Crippen LogP contribution >= 0.6 is 0 Å². The van der Waals surface area contributed by atoms with Crippen molar-refractivity contribution in [2.24, 2.45) is 0 Å². The minimum absolute atomic E-state index is 0.162. The van der Waals surface area contributed by atoms with E-state index < -0.39 is 23.2 Å². The predicted octanol–water partition coefficient (Wildman–Crippen LogP) is 5.92. The Bertz CT molecular complexity index is 1370. The number of aryl methyl sites for hydroxylation is 2. The molecule has 2 aliphatic rings. The fourth-order valence-electron chi connectivity index (χ4n) is 4.62. The lowest BCUT2D eigenvalue weighted by molar-refractivity contribution is -0.136. The number of carbonyl (C=O) groups excluding carboxylic acids is 1. The van der Waals surface area contributed by atoms with Crippen LogP contribution in [0.15, 0.2) is 42.5 Å². The number of hydrogen-bond donors (Lipinski definition) is 4. The highest BCUT2D eigenvalue weighted by Gasteiger charge is 2.40. The molecule has 2 aliphatic heterocycles. The van der Waals surface area contributed by atoms with Crippen LogP contribution in [0.1, 0.15) is 46.7 Å². The SMILES string of the molecule is Cc1ccc(NC2Nc3cc(C(=O)Nc4ccccc4C(F)(F)F)c4c(c3N2)CC(C)(C)O4)c(C)n1. The minimum atomic E-state index is -4.60. The second-order valence-electron chi connectivity index (χ2n) is 9.64. The number of nitrogens with one attached hydrogen (secondary N) is 4. The van der Waals surface area contributed by atoms with Crippen LogP contribution in [0.4, 0.5) is 35.9 Å². The zero-order valence-electron chi connectivity index (χ0n) is 20.2. The molecule has 0 bridgehead atoms. The number of pyridine rings is 1. The Morgan fingerprint density at radius 3 is 2.58 bits per heavy atom. The molecule has 10 heteroatoms. The standard InChI is InChI=1S/C26H26F3N5O2/c1-13-9-10-18(14(2)30-13)32-24-33-20-11-15(22-16(21(20)34-24)12-25(3,4)36-22)23(35)31-19-8-6-5-7-17(19)26(27,28)29/h5-11,24,32-34H,12H2,1-4H3,(H,31,35). The maximum atomic E-state index is 13.5. The quantitative estimate of drug-likeness (QED) is 0.358. The minimum Gasteiger partial charge on any atom is -0.486 e. The van der Waals surface area contributed by atoms with Crippen LogP contribution in [0.2, 0.25) is 0 Å². The molecule has 1 atom stereocenters. The number of amides is 1. The lowest BCUT2D eigenvalue weighted by Gasteiger charge is -2.19. The van der Waals surface area contributed by atoms with Crippen molar-refractivity contribution in [3.63, 3.8) is 0 Å². The molecule has 7 nitrogen and oxygen atoms in total. The Labute approximate surface area is 206 Å². The summed E-state index contributed by atoms with van der Waals surface area (Å²) in [6.45, 7) is 7.63. The number of benzene rings is 2. The maximum absolute atomic E-state index is 13.5. The first-order valence-corrected chi connectivity index (χ1v) is 11.5. The highest BCUT2D eigenvalue weighted by Crippen LogP contribution is 2.48. The van der Waals surface area contributed by atoms with Crippen molar-refractivity contribution in [2.75, 3.05) is 21.3 Å². The van der Waals surface area contributed by atoms with Gasteiger partial charge in [-0.3, -0.25) is 9.78 Å². The van der Waals surface area contributed by atoms with Crippen molar-refractivity contribution in [1.82, 2.24) is 4.98 Å². The van der Waals surface area contributed by atoms with Gasteiger partial charge in [0.2, 0.25) is 0 Å². The van der Waals surface area contributed by atoms with Gasteiger partial charge in [0, 0.05) is 17.7 Å². The Hall–Kier alpha value is -3.95. The van der Waals surface area contributed by atoms with Crippen molar-refractivity contribution in [3.05, 3.63) is 70.5 Å². The predicted molar refractivity (Wildman–Crippen MR) is 133 cm³/mol. The van der Waals surface area contributed by atoms with Crippen LogP contribution in [0.3, 0.4) is 0 Å². The fraction of sp³-hybridized carbons (Fsp3) is 0.308. The van der Waals surface area contributed by atoms with Crippen molar-refractivity contribution in [1.29, 1.82) is 0 Å². The molecule has 188 valence electrons. The van der Waals surface area contributed by atoms with E-state index in [4.69, 9.17) is 4.74 Å². The zero-order chi connectivity index (χ0) is 25.8. The average molecular weight is 498 g/mol. The van der Waals surface area contributed by atoms with Gasteiger partial charge in [-0.05, 0) is 58.0 Å². The molecule has 5 rings (SSSR count). The van der Waals surface area contributed by atoms with E-state index in [9.17, 15) is 18.0 Å². The molecule has 0 saturated heterocycles. The van der Waals surface area contributed by atoms with Crippen LogP contribution in [0.25, 0.3) is 0 Å². The van der Waals surface area contributed by atoms with E-state index >= 15 is 0 Å². The lowest BCUT2D eigenvalue weighted by Crippen LogP contribution is -2.32. The van der Waals surface area contributed by atoms with Gasteiger partial charge in [0.1, 0.15) is 11.4 Å². The van der Waals surface area contributed by atoms with Gasteiger partial charge in [-0.25, -0.2) is 0 Å². The van der Waals surface area contributed by atoms with Crippen LogP contribution in [0.5, 0.6) is 5.75 Å². The molecule has 1 amide bonds. The third-order valence-corrected chi connectivity index (χ3v) is 6.20. The number of halogens is 3. The van der Waals surface area contributed by atoms with Crippen LogP contribution in [-0.2, 0) is 12.6 Å². The number of carbonyl (C=O) groups is 1. The van der Waals surface area contributed by atoms with Gasteiger partial charge in [-0.2, -0.15) is 13.2 Å². The van der Waals surface area contributed by atoms with Gasteiger partial charge < -0.3 is 26.0 Å². The number of ether oxygens (including phenoxy) is 1. The maximum Gasteiger partial charge on any atom is 0.418 e. The molecule has 0 saturated carbocycles. The van der Waals surface area contributed by atoms with E-state index in [1.807, 2.05) is 39.8 Å². The molecular formula is C26H26F3N5O2. The highest BCUT2D eigenvalue weighted by molar-refractivity contribution is 6.09. The summed E-state index contributed by atoms with van der Waals surface area (Å²) in [6, 6.07) is 10.4. The van der Waals surface area contributed by atoms with Gasteiger partial charge in [-0.15, -0.1) is 0 Å². The number of fused-ring (bicyclic) bond motifs is 3. The van der Waals surface area contributed by atoms with E-state index in [-0.39, 0.29) is 17.5 Å². The Morgan fingerprint density at radius 1 is 1.11 bits per heavy atom. The zero-order valence-corrected chi connectivity index (χ0v) is 20.2. The van der Waals surface area contributed by atoms with Gasteiger partial charge in [0.05, 0.1) is 39.6 Å². The number of nitrogens with zero attached hydrogens (tertiary/aromatic N) is 1. The monoisotopic (exact) mass is 497 g/mol. The van der Waals surface area contributed by atoms with Crippen molar-refractivity contribution in [3.8, 4) is 5.75 Å². The summed E-state index contributed by atoms with van der Waals surface area (Å²) in [5.41, 5.74) is 3.18. The van der Waals surface area contributed by atoms with Crippen LogP contribution in [0, 0.1) is 13.8 Å². The van der Waals surface area contributed by atoms with E-state index in [1.165, 1.54) is 18.2 Å². The first kappa shape index (κ1) is 23.8. The third kappa shape index (κ3) is 4.38. The van der Waals surface area contributed by atoms with E-state index in [0.29, 0.717) is 17.9 Å². The summed E-state index contributed by atoms with van der Waals surface area (Å²) in [5.74, 6) is -0.316. The Morgan fingerprint density at radius 2 is 1.86 bits per heavy atom. The molecular weight excluding hydrogens is 471 g/mol. The number of para-hydroxylation sites is 1. The molecule has 1 unspecified atom stereocenters. The molecule has 0 fully saturated rings. The van der Waals surface area contributed by atoms with Crippen molar-refractivity contribution < 1.29 is 22.7 Å². The molecule has 0 aliphatic carbocycles. The smallest absolute Gasteiger partial charge is 0.418 e. The van der Waals surface area contributed by atoms with Gasteiger partial charge >= 0.3 is 6.18 Å². The molecule has 4 N–H and O–H groups in total. The summed E-state index contributed by atoms with van der Waals surface area (Å²) in [7, 11) is 0. The normalized spacial score (nSPS) is 17.4. The number of anilines is 4. The highest BCUT2D eigenvalue weighted by atomic mass is 19.4. The molecule has 0 radical (unpaired) electrons.